The maximum atomic E-state index is 12.9. The molecule has 15 heavy (non-hydrogen) atoms. The van der Waals surface area contributed by atoms with Crippen LogP contribution in [0.15, 0.2) is 23.1 Å². The first-order valence-electron chi connectivity index (χ1n) is 4.90. The summed E-state index contributed by atoms with van der Waals surface area (Å²) in [5, 5.41) is 9.46. The third-order valence-corrected chi connectivity index (χ3v) is 3.21. The fraction of sp³-hybridized carbons (Fsp3) is 0.455. The van der Waals surface area contributed by atoms with Crippen molar-refractivity contribution in [1.29, 1.82) is 0 Å². The Morgan fingerprint density at radius 1 is 1.53 bits per heavy atom. The molecule has 0 aliphatic carbocycles. The van der Waals surface area contributed by atoms with Gasteiger partial charge in [-0.25, -0.2) is 4.39 Å². The number of aliphatic hydroxyl groups is 1. The average Bonchev–Trinajstić information content (AvgIpc) is 2.20. The minimum absolute atomic E-state index is 0.193. The molecule has 0 aliphatic rings. The third kappa shape index (κ3) is 4.20. The number of aliphatic hydroxyl groups excluding tert-OH is 1. The quantitative estimate of drug-likeness (QED) is 0.758. The van der Waals surface area contributed by atoms with E-state index in [4.69, 9.17) is 5.73 Å². The number of nitrogens with two attached hydrogens (primary N) is 1. The van der Waals surface area contributed by atoms with Crippen molar-refractivity contribution in [1.82, 2.24) is 0 Å². The van der Waals surface area contributed by atoms with Crippen molar-refractivity contribution >= 4 is 11.8 Å². The molecule has 0 spiro atoms. The number of hydrogen-bond acceptors (Lipinski definition) is 3. The van der Waals surface area contributed by atoms with Gasteiger partial charge in [0.05, 0.1) is 6.10 Å². The molecule has 4 heteroatoms. The van der Waals surface area contributed by atoms with Gasteiger partial charge in [0, 0.05) is 10.6 Å². The molecular weight excluding hydrogens is 213 g/mol. The molecule has 1 unspecified atom stereocenters. The number of aryl methyl sites for hydroxylation is 1. The Morgan fingerprint density at radius 3 is 2.87 bits per heavy atom. The molecule has 0 saturated carbocycles. The van der Waals surface area contributed by atoms with Gasteiger partial charge in [-0.2, -0.15) is 0 Å². The molecule has 84 valence electrons. The highest BCUT2D eigenvalue weighted by Crippen LogP contribution is 2.21. The summed E-state index contributed by atoms with van der Waals surface area (Å²) < 4.78 is 12.9. The molecule has 3 N–H and O–H groups in total. The largest absolute Gasteiger partial charge is 0.392 e. The first-order chi connectivity index (χ1) is 7.13. The Bertz CT molecular complexity index is 319. The SMILES string of the molecule is Cc1cc(SCC(O)CCN)ccc1F. The molecule has 0 aliphatic heterocycles. The highest BCUT2D eigenvalue weighted by molar-refractivity contribution is 7.99. The number of benzene rings is 1. The van der Waals surface area contributed by atoms with Gasteiger partial charge in [0.25, 0.3) is 0 Å². The first-order valence-corrected chi connectivity index (χ1v) is 5.89. The molecule has 0 aromatic heterocycles. The van der Waals surface area contributed by atoms with Crippen molar-refractivity contribution in [3.63, 3.8) is 0 Å². The van der Waals surface area contributed by atoms with Gasteiger partial charge < -0.3 is 10.8 Å². The van der Waals surface area contributed by atoms with Gasteiger partial charge >= 0.3 is 0 Å². The van der Waals surface area contributed by atoms with Crippen LogP contribution in [-0.4, -0.2) is 23.5 Å². The van der Waals surface area contributed by atoms with E-state index in [-0.39, 0.29) is 11.9 Å². The van der Waals surface area contributed by atoms with Gasteiger partial charge in [-0.1, -0.05) is 0 Å². The Hall–Kier alpha value is -0.580. The second-order valence-electron chi connectivity index (χ2n) is 3.45. The van der Waals surface area contributed by atoms with Crippen LogP contribution in [0.1, 0.15) is 12.0 Å². The van der Waals surface area contributed by atoms with Gasteiger partial charge in [-0.05, 0) is 43.7 Å². The van der Waals surface area contributed by atoms with Gasteiger partial charge in [0.1, 0.15) is 5.82 Å². The highest BCUT2D eigenvalue weighted by atomic mass is 32.2. The van der Waals surface area contributed by atoms with Crippen LogP contribution >= 0.6 is 11.8 Å². The van der Waals surface area contributed by atoms with Crippen molar-refractivity contribution < 1.29 is 9.50 Å². The van der Waals surface area contributed by atoms with E-state index in [9.17, 15) is 9.50 Å². The molecule has 1 rings (SSSR count). The lowest BCUT2D eigenvalue weighted by atomic mass is 10.2. The lowest BCUT2D eigenvalue weighted by molar-refractivity contribution is 0.192. The second-order valence-corrected chi connectivity index (χ2v) is 4.55. The predicted octanol–water partition coefficient (Wildman–Crippen LogP) is 1.94. The normalized spacial score (nSPS) is 12.8. The number of hydrogen-bond donors (Lipinski definition) is 2. The fourth-order valence-corrected chi connectivity index (χ4v) is 2.15. The summed E-state index contributed by atoms with van der Waals surface area (Å²) in [6.45, 7) is 2.22. The predicted molar refractivity (Wildman–Crippen MR) is 61.5 cm³/mol. The van der Waals surface area contributed by atoms with Crippen LogP contribution in [0, 0.1) is 12.7 Å². The molecule has 1 aromatic carbocycles. The number of thioether (sulfide) groups is 1. The van der Waals surface area contributed by atoms with Crippen LogP contribution in [0.25, 0.3) is 0 Å². The zero-order chi connectivity index (χ0) is 11.3. The zero-order valence-electron chi connectivity index (χ0n) is 8.74. The fourth-order valence-electron chi connectivity index (χ4n) is 1.18. The van der Waals surface area contributed by atoms with Crippen LogP contribution in [0.4, 0.5) is 4.39 Å². The topological polar surface area (TPSA) is 46.2 Å². The summed E-state index contributed by atoms with van der Waals surface area (Å²) in [5.74, 6) is 0.407. The maximum Gasteiger partial charge on any atom is 0.126 e. The minimum atomic E-state index is -0.384. The Balaban J connectivity index is 2.47. The maximum absolute atomic E-state index is 12.9. The van der Waals surface area contributed by atoms with E-state index in [1.807, 2.05) is 0 Å². The zero-order valence-corrected chi connectivity index (χ0v) is 9.56. The molecule has 0 bridgehead atoms. The highest BCUT2D eigenvalue weighted by Gasteiger charge is 2.05. The lowest BCUT2D eigenvalue weighted by Gasteiger charge is -2.08. The molecule has 0 amide bonds. The van der Waals surface area contributed by atoms with Crippen LogP contribution < -0.4 is 5.73 Å². The van der Waals surface area contributed by atoms with Crippen molar-refractivity contribution in [3.8, 4) is 0 Å². The van der Waals surface area contributed by atoms with E-state index in [0.29, 0.717) is 24.3 Å². The summed E-state index contributed by atoms with van der Waals surface area (Å²) >= 11 is 1.52. The summed E-state index contributed by atoms with van der Waals surface area (Å²) in [6, 6.07) is 4.96. The molecular formula is C11H16FNOS. The second kappa shape index (κ2) is 6.10. The Labute approximate surface area is 93.7 Å². The van der Waals surface area contributed by atoms with Crippen molar-refractivity contribution in [2.45, 2.75) is 24.3 Å². The van der Waals surface area contributed by atoms with Crippen molar-refractivity contribution in [3.05, 3.63) is 29.6 Å². The molecule has 1 atom stereocenters. The Kier molecular flexibility index (Phi) is 5.08. The smallest absolute Gasteiger partial charge is 0.126 e. The summed E-state index contributed by atoms with van der Waals surface area (Å²) in [7, 11) is 0. The number of rotatable bonds is 5. The summed E-state index contributed by atoms with van der Waals surface area (Å²) in [6.07, 6.45) is 0.220. The molecule has 2 nitrogen and oxygen atoms in total. The van der Waals surface area contributed by atoms with Gasteiger partial charge in [-0.3, -0.25) is 0 Å². The van der Waals surface area contributed by atoms with Gasteiger partial charge in [-0.15, -0.1) is 11.8 Å². The van der Waals surface area contributed by atoms with E-state index >= 15 is 0 Å². The van der Waals surface area contributed by atoms with E-state index in [0.717, 1.165) is 4.90 Å². The molecule has 0 radical (unpaired) electrons. The monoisotopic (exact) mass is 229 g/mol. The lowest BCUT2D eigenvalue weighted by Crippen LogP contribution is -2.15. The van der Waals surface area contributed by atoms with E-state index in [2.05, 4.69) is 0 Å². The van der Waals surface area contributed by atoms with Crippen molar-refractivity contribution in [2.24, 2.45) is 5.73 Å². The van der Waals surface area contributed by atoms with Crippen LogP contribution in [-0.2, 0) is 0 Å². The minimum Gasteiger partial charge on any atom is -0.392 e. The van der Waals surface area contributed by atoms with E-state index < -0.39 is 0 Å². The van der Waals surface area contributed by atoms with Crippen LogP contribution in [0.3, 0.4) is 0 Å². The summed E-state index contributed by atoms with van der Waals surface area (Å²) in [4.78, 5) is 0.977. The molecule has 1 aromatic rings. The first kappa shape index (κ1) is 12.5. The van der Waals surface area contributed by atoms with Gasteiger partial charge in [0.15, 0.2) is 0 Å². The van der Waals surface area contributed by atoms with Crippen LogP contribution in [0.2, 0.25) is 0 Å². The molecule has 0 heterocycles. The molecule has 0 fully saturated rings. The average molecular weight is 229 g/mol. The third-order valence-electron chi connectivity index (χ3n) is 2.07. The Morgan fingerprint density at radius 2 is 2.27 bits per heavy atom. The summed E-state index contributed by atoms with van der Waals surface area (Å²) in [5.41, 5.74) is 5.96. The van der Waals surface area contributed by atoms with Crippen LogP contribution in [0.5, 0.6) is 0 Å². The molecule has 0 saturated heterocycles. The number of halogens is 1. The van der Waals surface area contributed by atoms with Gasteiger partial charge in [0.2, 0.25) is 0 Å². The van der Waals surface area contributed by atoms with E-state index in [1.165, 1.54) is 17.8 Å². The standard InChI is InChI=1S/C11H16FNOS/c1-8-6-10(2-3-11(8)12)15-7-9(14)4-5-13/h2-3,6,9,14H,4-5,7,13H2,1H3. The van der Waals surface area contributed by atoms with Crippen molar-refractivity contribution in [2.75, 3.05) is 12.3 Å². The van der Waals surface area contributed by atoms with E-state index in [1.54, 1.807) is 19.1 Å².